The molecule has 1 aromatic heterocycles. The summed E-state index contributed by atoms with van der Waals surface area (Å²) in [6.07, 6.45) is 0. The lowest BCUT2D eigenvalue weighted by Crippen LogP contribution is -2.27. The summed E-state index contributed by atoms with van der Waals surface area (Å²) in [4.78, 5) is 12.1. The van der Waals surface area contributed by atoms with Crippen LogP contribution in [0.1, 0.15) is 12.5 Å². The van der Waals surface area contributed by atoms with Crippen LogP contribution in [0.25, 0.3) is 10.2 Å². The van der Waals surface area contributed by atoms with Gasteiger partial charge in [0.25, 0.3) is 10.0 Å². The molecule has 0 saturated carbocycles. The molecule has 2 aromatic carbocycles. The topological polar surface area (TPSA) is 68.6 Å². The molecule has 0 fully saturated rings. The number of rotatable bonds is 5. The van der Waals surface area contributed by atoms with Gasteiger partial charge in [-0.25, -0.2) is 8.42 Å². The van der Waals surface area contributed by atoms with Gasteiger partial charge >= 0.3 is 4.87 Å². The number of thiazole rings is 1. The Balaban J connectivity index is 2.14. The molecule has 0 spiro atoms. The lowest BCUT2D eigenvalue weighted by Gasteiger charge is -2.21. The van der Waals surface area contributed by atoms with Crippen molar-refractivity contribution in [2.24, 2.45) is 0 Å². The molecular formula is C18H20N2O4S2. The highest BCUT2D eigenvalue weighted by Crippen LogP contribution is 2.31. The fraction of sp³-hybridized carbons (Fsp3) is 0.278. The van der Waals surface area contributed by atoms with E-state index >= 15 is 0 Å². The van der Waals surface area contributed by atoms with Crippen LogP contribution < -0.4 is 13.9 Å². The second kappa shape index (κ2) is 6.77. The Bertz CT molecular complexity index is 1130. The molecule has 0 aliphatic rings. The van der Waals surface area contributed by atoms with Gasteiger partial charge in [-0.3, -0.25) is 13.7 Å². The van der Waals surface area contributed by atoms with Crippen molar-refractivity contribution in [1.82, 2.24) is 4.57 Å². The third-order valence-corrected chi connectivity index (χ3v) is 7.06. The number of sulfonamides is 1. The summed E-state index contributed by atoms with van der Waals surface area (Å²) in [6.45, 7) is 4.25. The number of fused-ring (bicyclic) bond motifs is 1. The van der Waals surface area contributed by atoms with Crippen molar-refractivity contribution in [2.75, 3.05) is 18.5 Å². The van der Waals surface area contributed by atoms with E-state index in [2.05, 4.69) is 0 Å². The first kappa shape index (κ1) is 18.5. The van der Waals surface area contributed by atoms with Crippen molar-refractivity contribution >= 4 is 37.3 Å². The van der Waals surface area contributed by atoms with E-state index in [0.29, 0.717) is 18.0 Å². The minimum Gasteiger partial charge on any atom is -0.495 e. The number of benzene rings is 2. The number of nitrogens with zero attached hydrogens (tertiary/aromatic N) is 2. The molecule has 3 aromatic rings. The molecule has 1 heterocycles. The van der Waals surface area contributed by atoms with Crippen molar-refractivity contribution in [3.63, 3.8) is 0 Å². The van der Waals surface area contributed by atoms with E-state index in [4.69, 9.17) is 4.74 Å². The van der Waals surface area contributed by atoms with Crippen molar-refractivity contribution in [1.29, 1.82) is 0 Å². The quantitative estimate of drug-likeness (QED) is 0.669. The van der Waals surface area contributed by atoms with E-state index in [1.807, 2.05) is 13.8 Å². The average molecular weight is 393 g/mol. The van der Waals surface area contributed by atoms with Crippen molar-refractivity contribution in [3.8, 4) is 5.75 Å². The SMILES string of the molecule is CCn1c(=O)sc2ccc(N(C)S(=O)(=O)c3cc(C)ccc3OC)cc21. The Labute approximate surface area is 156 Å². The summed E-state index contributed by atoms with van der Waals surface area (Å²) < 4.78 is 35.2. The van der Waals surface area contributed by atoms with Gasteiger partial charge in [0.2, 0.25) is 0 Å². The van der Waals surface area contributed by atoms with E-state index in [1.165, 1.54) is 18.5 Å². The summed E-state index contributed by atoms with van der Waals surface area (Å²) in [6, 6.07) is 10.3. The van der Waals surface area contributed by atoms with E-state index < -0.39 is 10.0 Å². The zero-order valence-electron chi connectivity index (χ0n) is 15.0. The number of hydrogen-bond donors (Lipinski definition) is 0. The Morgan fingerprint density at radius 2 is 1.92 bits per heavy atom. The molecule has 0 aliphatic carbocycles. The molecule has 0 N–H and O–H groups in total. The van der Waals surface area contributed by atoms with Gasteiger partial charge < -0.3 is 4.74 Å². The molecule has 0 aliphatic heterocycles. The van der Waals surface area contributed by atoms with Crippen molar-refractivity contribution < 1.29 is 13.2 Å². The highest BCUT2D eigenvalue weighted by molar-refractivity contribution is 7.93. The Morgan fingerprint density at radius 3 is 2.58 bits per heavy atom. The van der Waals surface area contributed by atoms with Gasteiger partial charge in [0.15, 0.2) is 0 Å². The smallest absolute Gasteiger partial charge is 0.308 e. The van der Waals surface area contributed by atoms with Gasteiger partial charge in [0, 0.05) is 13.6 Å². The molecule has 0 atom stereocenters. The molecular weight excluding hydrogens is 372 g/mol. The van der Waals surface area contributed by atoms with Crippen LogP contribution in [0.2, 0.25) is 0 Å². The molecule has 0 unspecified atom stereocenters. The summed E-state index contributed by atoms with van der Waals surface area (Å²) in [5.41, 5.74) is 2.05. The van der Waals surface area contributed by atoms with E-state index in [9.17, 15) is 13.2 Å². The zero-order valence-corrected chi connectivity index (χ0v) is 16.6. The van der Waals surface area contributed by atoms with Gasteiger partial charge in [-0.2, -0.15) is 0 Å². The van der Waals surface area contributed by atoms with Gasteiger partial charge in [-0.15, -0.1) is 0 Å². The third-order valence-electron chi connectivity index (χ3n) is 4.29. The first-order chi connectivity index (χ1) is 12.3. The Kier molecular flexibility index (Phi) is 4.81. The lowest BCUT2D eigenvalue weighted by atomic mass is 10.2. The van der Waals surface area contributed by atoms with Crippen molar-refractivity contribution in [3.05, 3.63) is 51.6 Å². The summed E-state index contributed by atoms with van der Waals surface area (Å²) in [5.74, 6) is 0.296. The number of aromatic nitrogens is 1. The summed E-state index contributed by atoms with van der Waals surface area (Å²) in [5, 5.41) is 0. The minimum atomic E-state index is -3.81. The summed E-state index contributed by atoms with van der Waals surface area (Å²) in [7, 11) is -0.870. The maximum atomic E-state index is 13.1. The van der Waals surface area contributed by atoms with Crippen LogP contribution in [0.5, 0.6) is 5.75 Å². The predicted octanol–water partition coefficient (Wildman–Crippen LogP) is 3.23. The molecule has 0 bridgehead atoms. The first-order valence-electron chi connectivity index (χ1n) is 8.06. The normalized spacial score (nSPS) is 11.7. The van der Waals surface area contributed by atoms with Crippen LogP contribution in [0.15, 0.2) is 46.1 Å². The van der Waals surface area contributed by atoms with Gasteiger partial charge in [-0.1, -0.05) is 17.4 Å². The number of anilines is 1. The fourth-order valence-electron chi connectivity index (χ4n) is 2.82. The average Bonchev–Trinajstić information content (AvgIpc) is 2.94. The van der Waals surface area contributed by atoms with Crippen molar-refractivity contribution in [2.45, 2.75) is 25.3 Å². The fourth-order valence-corrected chi connectivity index (χ4v) is 5.18. The second-order valence-electron chi connectivity index (χ2n) is 5.89. The molecule has 0 saturated heterocycles. The van der Waals surface area contributed by atoms with Gasteiger partial charge in [0.05, 0.1) is 23.0 Å². The van der Waals surface area contributed by atoms with Crippen LogP contribution in [-0.4, -0.2) is 27.1 Å². The molecule has 3 rings (SSSR count). The molecule has 26 heavy (non-hydrogen) atoms. The minimum absolute atomic E-state index is 0.0505. The molecule has 0 amide bonds. The van der Waals surface area contributed by atoms with Gasteiger partial charge in [0.1, 0.15) is 10.6 Å². The molecule has 8 heteroatoms. The van der Waals surface area contributed by atoms with Crippen LogP contribution >= 0.6 is 11.3 Å². The standard InChI is InChI=1S/C18H20N2O4S2/c1-5-20-14-11-13(7-9-16(14)25-18(20)21)19(3)26(22,23)17-10-12(2)6-8-15(17)24-4/h6-11H,5H2,1-4H3. The first-order valence-corrected chi connectivity index (χ1v) is 10.3. The monoisotopic (exact) mass is 392 g/mol. The number of aryl methyl sites for hydroxylation is 2. The molecule has 0 radical (unpaired) electrons. The predicted molar refractivity (Wildman–Crippen MR) is 105 cm³/mol. The number of hydrogen-bond acceptors (Lipinski definition) is 5. The van der Waals surface area contributed by atoms with Crippen LogP contribution in [0.3, 0.4) is 0 Å². The van der Waals surface area contributed by atoms with Gasteiger partial charge in [-0.05, 0) is 49.7 Å². The largest absolute Gasteiger partial charge is 0.495 e. The lowest BCUT2D eigenvalue weighted by molar-refractivity contribution is 0.402. The van der Waals surface area contributed by atoms with Crippen LogP contribution in [-0.2, 0) is 16.6 Å². The third kappa shape index (κ3) is 2.99. The Hall–Kier alpha value is -2.32. The second-order valence-corrected chi connectivity index (χ2v) is 8.82. The maximum absolute atomic E-state index is 13.1. The molecule has 6 nitrogen and oxygen atoms in total. The maximum Gasteiger partial charge on any atom is 0.308 e. The van der Waals surface area contributed by atoms with Crippen LogP contribution in [0.4, 0.5) is 5.69 Å². The number of ether oxygens (including phenoxy) is 1. The Morgan fingerprint density at radius 1 is 1.19 bits per heavy atom. The summed E-state index contributed by atoms with van der Waals surface area (Å²) >= 11 is 1.16. The van der Waals surface area contributed by atoms with E-state index in [-0.39, 0.29) is 9.77 Å². The number of methoxy groups -OCH3 is 1. The molecule has 138 valence electrons. The van der Waals surface area contributed by atoms with E-state index in [0.717, 1.165) is 27.1 Å². The highest BCUT2D eigenvalue weighted by atomic mass is 32.2. The zero-order chi connectivity index (χ0) is 19.1. The van der Waals surface area contributed by atoms with E-state index in [1.54, 1.807) is 41.0 Å². The highest BCUT2D eigenvalue weighted by Gasteiger charge is 2.26. The van der Waals surface area contributed by atoms with Crippen LogP contribution in [0, 0.1) is 6.92 Å².